The zero-order chi connectivity index (χ0) is 61.3. The number of allylic oxidation sites excluding steroid dienone is 3. The van der Waals surface area contributed by atoms with E-state index in [2.05, 4.69) is 40.1 Å². The Morgan fingerprint density at radius 1 is 0.897 bits per heavy atom. The van der Waals surface area contributed by atoms with Crippen LogP contribution in [0.15, 0.2) is 70.6 Å². The van der Waals surface area contributed by atoms with E-state index in [9.17, 15) is 40.5 Å². The van der Waals surface area contributed by atoms with Gasteiger partial charge in [0.25, 0.3) is 0 Å². The SMILES string of the molecule is C[C@H]1CCC2=CC[C@H]3[C@H](CO)C[C@@H](O)[C@](C)(O)[C@H]4[C@@H](CC#C[C@H]([C@@H]5COC(=O)[C@H]5c5cc[nH]c5)C[C@H]3[C@H]2C1)C[C@@]1(O)C2=C3N[C@H](CO)C(=O)C[C@@H](c5ccc(O)cc5)CSSC[C@@H]5[C@@H](O)[C@@H](O)C[C@@](C6CCCC6)([C@@H]5C3=O)[C@H]2CC[C@]41CCN=C(N)N. The van der Waals surface area contributed by atoms with Gasteiger partial charge in [-0.25, -0.2) is 0 Å². The molecule has 474 valence electrons. The molecule has 22 atom stereocenters. The largest absolute Gasteiger partial charge is 0.508 e. The number of rotatable bonds is 9. The van der Waals surface area contributed by atoms with E-state index in [1.54, 1.807) is 31.2 Å². The van der Waals surface area contributed by atoms with Crippen LogP contribution < -0.4 is 16.8 Å². The number of nitrogens with two attached hydrogens (primary N) is 2. The van der Waals surface area contributed by atoms with Crippen LogP contribution in [0.2, 0.25) is 0 Å². The van der Waals surface area contributed by atoms with Gasteiger partial charge in [0.05, 0.1) is 54.3 Å². The lowest BCUT2D eigenvalue weighted by Crippen LogP contribution is -2.69. The number of aromatic nitrogens is 1. The highest BCUT2D eigenvalue weighted by Gasteiger charge is 2.76. The number of ketones is 2. The van der Waals surface area contributed by atoms with Crippen molar-refractivity contribution < 1.29 is 60.0 Å². The number of Topliss-reactive ketones (excluding diaryl/α,β-unsaturated/α-hetero) is 2. The Balaban J connectivity index is 1.05. The number of H-pyrrole nitrogens is 1. The fraction of sp³-hybridized carbons (Fsp3) is 0.706. The maximum atomic E-state index is 16.7. The number of cyclic esters (lactones) is 1. The number of aliphatic hydroxyl groups is 7. The summed E-state index contributed by atoms with van der Waals surface area (Å²) in [6, 6.07) is 7.31. The van der Waals surface area contributed by atoms with Crippen molar-refractivity contribution in [1.29, 1.82) is 0 Å². The molecule has 17 nitrogen and oxygen atoms in total. The van der Waals surface area contributed by atoms with Crippen molar-refractivity contribution in [1.82, 2.24) is 10.3 Å². The normalized spacial score (nSPS) is 43.5. The van der Waals surface area contributed by atoms with Gasteiger partial charge in [0, 0.05) is 90.8 Å². The zero-order valence-corrected chi connectivity index (χ0v) is 52.1. The fourth-order valence-corrected chi connectivity index (χ4v) is 23.4. The number of carbonyl (C=O) groups excluding carboxylic acids is 3. The monoisotopic (exact) mass is 1240 g/mol. The average Bonchev–Trinajstić information content (AvgIpc) is 1.64. The molecule has 7 fully saturated rings. The number of carbonyl (C=O) groups is 3. The minimum absolute atomic E-state index is 0.00482. The molecule has 3 heterocycles. The van der Waals surface area contributed by atoms with Gasteiger partial charge in [-0.1, -0.05) is 71.1 Å². The first-order valence-corrected chi connectivity index (χ1v) is 35.1. The molecule has 14 N–H and O–H groups in total. The van der Waals surface area contributed by atoms with Gasteiger partial charge in [-0.2, -0.15) is 0 Å². The summed E-state index contributed by atoms with van der Waals surface area (Å²) in [5, 5.41) is 104. The van der Waals surface area contributed by atoms with Gasteiger partial charge in [-0.15, -0.1) is 5.92 Å². The van der Waals surface area contributed by atoms with Gasteiger partial charge in [-0.05, 0) is 178 Å². The van der Waals surface area contributed by atoms with Crippen molar-refractivity contribution in [2.24, 2.45) is 104 Å². The fourth-order valence-electron chi connectivity index (χ4n) is 20.7. The number of nitrogens with zero attached hydrogens (tertiary/aromatic N) is 1. The van der Waals surface area contributed by atoms with Crippen LogP contribution in [0.3, 0.4) is 0 Å². The van der Waals surface area contributed by atoms with Crippen molar-refractivity contribution in [2.45, 2.75) is 170 Å². The minimum Gasteiger partial charge on any atom is -0.508 e. The molecule has 0 unspecified atom stereocenters. The van der Waals surface area contributed by atoms with Crippen LogP contribution in [-0.4, -0.2) is 143 Å². The van der Waals surface area contributed by atoms with Gasteiger partial charge >= 0.3 is 5.97 Å². The lowest BCUT2D eigenvalue weighted by atomic mass is 9.40. The first-order chi connectivity index (χ1) is 41.8. The second-order valence-electron chi connectivity index (χ2n) is 28.7. The summed E-state index contributed by atoms with van der Waals surface area (Å²) in [5.41, 5.74) is 9.32. The Labute approximate surface area is 519 Å². The molecule has 19 heteroatoms. The molecule has 2 aliphatic heterocycles. The molecular formula is C68H93N5O12S2. The molecule has 2 bridgehead atoms. The summed E-state index contributed by atoms with van der Waals surface area (Å²) >= 11 is 0. The Morgan fingerprint density at radius 2 is 1.67 bits per heavy atom. The first kappa shape index (κ1) is 62.8. The molecule has 5 saturated carbocycles. The van der Waals surface area contributed by atoms with Crippen LogP contribution in [0.1, 0.15) is 146 Å². The quantitative estimate of drug-likeness (QED) is 0.0323. The number of guanidine groups is 1. The maximum absolute atomic E-state index is 16.7. The third-order valence-corrected chi connectivity index (χ3v) is 27.0. The summed E-state index contributed by atoms with van der Waals surface area (Å²) in [6.07, 6.45) is 10.7. The number of phenolic OH excluding ortho intramolecular Hbond substituents is 1. The molecule has 2 aromatic rings. The smallest absolute Gasteiger partial charge is 0.313 e. The van der Waals surface area contributed by atoms with E-state index in [1.165, 1.54) is 27.2 Å². The van der Waals surface area contributed by atoms with Crippen molar-refractivity contribution in [3.8, 4) is 17.6 Å². The lowest BCUT2D eigenvalue weighted by Gasteiger charge is -2.66. The number of nitrogens with one attached hydrogen (secondary N) is 2. The second-order valence-corrected chi connectivity index (χ2v) is 31.2. The summed E-state index contributed by atoms with van der Waals surface area (Å²) in [7, 11) is 3.03. The molecule has 12 rings (SSSR count). The average molecular weight is 1240 g/mol. The van der Waals surface area contributed by atoms with Gasteiger partial charge < -0.3 is 67.4 Å². The van der Waals surface area contributed by atoms with Crippen LogP contribution in [0, 0.1) is 99.6 Å². The van der Waals surface area contributed by atoms with Crippen molar-refractivity contribution in [2.75, 3.05) is 37.9 Å². The molecule has 0 radical (unpaired) electrons. The van der Waals surface area contributed by atoms with E-state index < -0.39 is 94.4 Å². The standard InChI is InChI=1S/C68H93N5O12S2/c1-36-10-11-38-14-17-46-42(31-74)27-55(79)65(2,83)62-40(7-5-6-39(25-48(46)47(38)24-36)49-33-85-63(82)56(49)41-19-22-71-30-41)28-68(84)58-51(18-20-66(62,68)21-23-72-64(69)70)67(44-8-3-4-9-44)29-54(78)60(80)50-35-87-86-34-43(37-12-15-45(76)16-13-37)26-53(77)52(32-75)73-59(58)61(81)57(50)67/h12-16,19,22,30,36,39-40,42-44,46-52,54-57,60,62,71,73-76,78-80,83-84H,3-4,7-11,17-18,20-21,23-29,31-35H2,1-2H3,(H4,69,70,72)/t36-,39-,40-,42-,43+,46-,47-,48+,49-,50-,51-,52+,54-,55+,56-,57-,60+,62+,65-,66-,67-,68+/m0/s1. The minimum atomic E-state index is -2.01. The summed E-state index contributed by atoms with van der Waals surface area (Å²) < 4.78 is 5.97. The number of hydrogen-bond donors (Lipinski definition) is 12. The predicted octanol–water partition coefficient (Wildman–Crippen LogP) is 6.39. The third-order valence-electron chi connectivity index (χ3n) is 24.5. The molecular weight excluding hydrogens is 1140 g/mol. The highest BCUT2D eigenvalue weighted by Crippen LogP contribution is 2.75. The number of benzene rings is 1. The Morgan fingerprint density at radius 3 is 2.39 bits per heavy atom. The van der Waals surface area contributed by atoms with E-state index in [0.29, 0.717) is 42.3 Å². The number of aromatic hydroxyl groups is 1. The number of ether oxygens (including phenoxy) is 1. The highest BCUT2D eigenvalue weighted by atomic mass is 33.1. The van der Waals surface area contributed by atoms with Crippen molar-refractivity contribution in [3.05, 3.63) is 76.8 Å². The molecule has 2 saturated heterocycles. The number of esters is 1. The topological polar surface area (TPSA) is 314 Å². The Bertz CT molecular complexity index is 3030. The molecule has 8 aliphatic carbocycles. The molecule has 0 amide bonds. The van der Waals surface area contributed by atoms with E-state index in [4.69, 9.17) is 16.2 Å². The number of aliphatic imine (C=N–C) groups is 1. The maximum Gasteiger partial charge on any atom is 0.313 e. The van der Waals surface area contributed by atoms with Gasteiger partial charge in [0.15, 0.2) is 17.5 Å². The number of hydrogen-bond acceptors (Lipinski definition) is 16. The third kappa shape index (κ3) is 10.9. The highest BCUT2D eigenvalue weighted by molar-refractivity contribution is 8.76. The lowest BCUT2D eigenvalue weighted by molar-refractivity contribution is -0.203. The van der Waals surface area contributed by atoms with Crippen LogP contribution in [-0.2, 0) is 19.1 Å². The summed E-state index contributed by atoms with van der Waals surface area (Å²) in [6.45, 7) is 3.19. The summed E-state index contributed by atoms with van der Waals surface area (Å²) in [4.78, 5) is 53.4. The molecule has 0 spiro atoms. The molecule has 1 aromatic carbocycles. The van der Waals surface area contributed by atoms with E-state index >= 15 is 14.7 Å². The Kier molecular flexibility index (Phi) is 18.1. The van der Waals surface area contributed by atoms with Crippen molar-refractivity contribution >= 4 is 45.1 Å². The molecule has 10 aliphatic rings. The zero-order valence-electron chi connectivity index (χ0n) is 50.5. The van der Waals surface area contributed by atoms with Crippen molar-refractivity contribution in [3.63, 3.8) is 0 Å². The number of aliphatic hydroxyl groups excluding tert-OH is 5. The van der Waals surface area contributed by atoms with Gasteiger partial charge in [0.1, 0.15) is 11.8 Å². The van der Waals surface area contributed by atoms with E-state index in [-0.39, 0.29) is 141 Å². The predicted molar refractivity (Wildman–Crippen MR) is 333 cm³/mol. The number of aromatic amines is 1. The van der Waals surface area contributed by atoms with Crippen LogP contribution in [0.4, 0.5) is 0 Å². The first-order valence-electron chi connectivity index (χ1n) is 32.6. The van der Waals surface area contributed by atoms with E-state index in [0.717, 1.165) is 56.1 Å². The van der Waals surface area contributed by atoms with E-state index in [1.807, 2.05) is 18.5 Å². The molecule has 87 heavy (non-hydrogen) atoms. The number of fused-ring (bicyclic) bond motifs is 10. The van der Waals surface area contributed by atoms with Crippen LogP contribution >= 0.6 is 21.6 Å². The van der Waals surface area contributed by atoms with Crippen LogP contribution in [0.5, 0.6) is 5.75 Å². The number of phenols is 1. The summed E-state index contributed by atoms with van der Waals surface area (Å²) in [5.74, 6) is 1.69. The van der Waals surface area contributed by atoms with Gasteiger partial charge in [-0.3, -0.25) is 19.4 Å². The van der Waals surface area contributed by atoms with Crippen LogP contribution in [0.25, 0.3) is 0 Å². The Hall–Kier alpha value is -4.36. The van der Waals surface area contributed by atoms with Gasteiger partial charge in [0.2, 0.25) is 0 Å². The molecule has 1 aromatic heterocycles. The second kappa shape index (κ2) is 25.0.